The van der Waals surface area contributed by atoms with E-state index in [4.69, 9.17) is 16.3 Å². The Morgan fingerprint density at radius 1 is 1.00 bits per heavy atom. The van der Waals surface area contributed by atoms with Gasteiger partial charge in [0, 0.05) is 12.6 Å². The van der Waals surface area contributed by atoms with Gasteiger partial charge in [-0.25, -0.2) is 8.42 Å². The maximum Gasteiger partial charge on any atom is 0.417 e. The first-order chi connectivity index (χ1) is 20.2. The fraction of sp³-hybridized carbons (Fsp3) is 0.333. The van der Waals surface area contributed by atoms with Crippen LogP contribution in [0.5, 0.6) is 5.75 Å². The molecule has 0 saturated carbocycles. The molecule has 0 saturated heterocycles. The highest BCUT2D eigenvalue weighted by atomic mass is 35.5. The van der Waals surface area contributed by atoms with Gasteiger partial charge in [0.25, 0.3) is 10.0 Å². The molecule has 3 rings (SSSR count). The Hall–Kier alpha value is -3.77. The number of methoxy groups -OCH3 is 1. The van der Waals surface area contributed by atoms with Crippen molar-refractivity contribution in [3.63, 3.8) is 0 Å². The van der Waals surface area contributed by atoms with Gasteiger partial charge in [0.1, 0.15) is 18.3 Å². The predicted molar refractivity (Wildman–Crippen MR) is 158 cm³/mol. The predicted octanol–water partition coefficient (Wildman–Crippen LogP) is 5.89. The first-order valence-electron chi connectivity index (χ1n) is 13.4. The number of amides is 2. The lowest BCUT2D eigenvalue weighted by Crippen LogP contribution is -2.52. The molecule has 0 aliphatic carbocycles. The largest absolute Gasteiger partial charge is 0.497 e. The van der Waals surface area contributed by atoms with Crippen LogP contribution in [0.25, 0.3) is 0 Å². The van der Waals surface area contributed by atoms with Gasteiger partial charge in [-0.1, -0.05) is 48.9 Å². The van der Waals surface area contributed by atoms with E-state index in [1.165, 1.54) is 43.2 Å². The number of nitrogens with zero attached hydrogens (tertiary/aromatic N) is 2. The molecule has 8 nitrogen and oxygen atoms in total. The average molecular weight is 640 g/mol. The van der Waals surface area contributed by atoms with E-state index in [0.717, 1.165) is 12.1 Å². The smallest absolute Gasteiger partial charge is 0.417 e. The van der Waals surface area contributed by atoms with Crippen LogP contribution in [-0.2, 0) is 32.3 Å². The minimum Gasteiger partial charge on any atom is -0.497 e. The second kappa shape index (κ2) is 14.1. The van der Waals surface area contributed by atoms with Crippen LogP contribution >= 0.6 is 11.6 Å². The molecule has 43 heavy (non-hydrogen) atoms. The summed E-state index contributed by atoms with van der Waals surface area (Å²) in [6, 6.07) is 15.1. The highest BCUT2D eigenvalue weighted by Gasteiger charge is 2.37. The average Bonchev–Trinajstić information content (AvgIpc) is 2.98. The van der Waals surface area contributed by atoms with Crippen molar-refractivity contribution < 1.29 is 35.9 Å². The third kappa shape index (κ3) is 8.41. The second-order valence-corrected chi connectivity index (χ2v) is 12.1. The number of sulfonamides is 1. The first kappa shape index (κ1) is 33.7. The molecule has 3 aromatic carbocycles. The molecule has 0 aliphatic rings. The van der Waals surface area contributed by atoms with E-state index in [0.29, 0.717) is 28.1 Å². The van der Waals surface area contributed by atoms with Gasteiger partial charge in [0.15, 0.2) is 0 Å². The molecular weight excluding hydrogens is 607 g/mol. The Labute approximate surface area is 254 Å². The van der Waals surface area contributed by atoms with Crippen molar-refractivity contribution in [2.75, 3.05) is 18.0 Å². The number of carbonyl (C=O) groups is 2. The summed E-state index contributed by atoms with van der Waals surface area (Å²) in [5.41, 5.74) is -1.10. The summed E-state index contributed by atoms with van der Waals surface area (Å²) in [5.74, 6) is -0.803. The van der Waals surface area contributed by atoms with Gasteiger partial charge in [0.05, 0.1) is 28.3 Å². The van der Waals surface area contributed by atoms with E-state index in [9.17, 15) is 31.2 Å². The molecule has 0 aliphatic heterocycles. The van der Waals surface area contributed by atoms with Crippen molar-refractivity contribution in [2.45, 2.75) is 56.9 Å². The third-order valence-electron chi connectivity index (χ3n) is 6.81. The van der Waals surface area contributed by atoms with Gasteiger partial charge in [-0.3, -0.25) is 13.9 Å². The molecule has 0 unspecified atom stereocenters. The summed E-state index contributed by atoms with van der Waals surface area (Å²) in [5, 5.41) is 2.19. The Kier molecular flexibility index (Phi) is 11.1. The van der Waals surface area contributed by atoms with E-state index in [-0.39, 0.29) is 17.5 Å². The van der Waals surface area contributed by atoms with Gasteiger partial charge < -0.3 is 15.0 Å². The highest BCUT2D eigenvalue weighted by Crippen LogP contribution is 2.38. The van der Waals surface area contributed by atoms with Gasteiger partial charge in [-0.15, -0.1) is 0 Å². The zero-order valence-electron chi connectivity index (χ0n) is 24.1. The van der Waals surface area contributed by atoms with Gasteiger partial charge >= 0.3 is 6.18 Å². The Morgan fingerprint density at radius 2 is 1.67 bits per heavy atom. The molecule has 13 heteroatoms. The Balaban J connectivity index is 2.11. The maximum absolute atomic E-state index is 14.0. The molecule has 0 bridgehead atoms. The van der Waals surface area contributed by atoms with E-state index < -0.39 is 56.9 Å². The van der Waals surface area contributed by atoms with Crippen molar-refractivity contribution in [1.29, 1.82) is 0 Å². The number of carbonyl (C=O) groups excluding carboxylic acids is 2. The highest BCUT2D eigenvalue weighted by molar-refractivity contribution is 7.92. The standard InChI is InChI=1S/C30H33ClF3N3O5S/c1-5-20(2)35-29(39)21(3)36(18-22-10-9-11-24(16-22)42-4)28(38)19-37(43(40,41)25-12-7-6-8-13-25)23-14-15-27(31)26(17-23)30(32,33)34/h6-17,20-21H,5,18-19H2,1-4H3,(H,35,39)/t20-,21-/m0/s1. The van der Waals surface area contributed by atoms with Crippen molar-refractivity contribution in [3.05, 3.63) is 88.9 Å². The van der Waals surface area contributed by atoms with Crippen LogP contribution in [0.4, 0.5) is 18.9 Å². The lowest BCUT2D eigenvalue weighted by molar-refractivity contribution is -0.139. The number of hydrogen-bond acceptors (Lipinski definition) is 5. The van der Waals surface area contributed by atoms with Gasteiger partial charge in [-0.2, -0.15) is 13.2 Å². The third-order valence-corrected chi connectivity index (χ3v) is 8.93. The molecule has 0 spiro atoms. The lowest BCUT2D eigenvalue weighted by atomic mass is 10.1. The summed E-state index contributed by atoms with van der Waals surface area (Å²) < 4.78 is 74.7. The van der Waals surface area contributed by atoms with Crippen molar-refractivity contribution >= 4 is 39.1 Å². The van der Waals surface area contributed by atoms with E-state index in [1.807, 2.05) is 6.92 Å². The van der Waals surface area contributed by atoms with Crippen LogP contribution in [0.15, 0.2) is 77.7 Å². The number of rotatable bonds is 12. The quantitative estimate of drug-likeness (QED) is 0.267. The van der Waals surface area contributed by atoms with E-state index >= 15 is 0 Å². The summed E-state index contributed by atoms with van der Waals surface area (Å²) in [6.07, 6.45) is -4.26. The van der Waals surface area contributed by atoms with Crippen molar-refractivity contribution in [1.82, 2.24) is 10.2 Å². The number of nitrogens with one attached hydrogen (secondary N) is 1. The van der Waals surface area contributed by atoms with Crippen LogP contribution in [0.1, 0.15) is 38.3 Å². The second-order valence-electron chi connectivity index (χ2n) is 9.85. The molecule has 3 aromatic rings. The summed E-state index contributed by atoms with van der Waals surface area (Å²) in [4.78, 5) is 28.0. The molecule has 0 radical (unpaired) electrons. The van der Waals surface area contributed by atoms with Gasteiger partial charge in [0.2, 0.25) is 11.8 Å². The van der Waals surface area contributed by atoms with Crippen LogP contribution < -0.4 is 14.4 Å². The van der Waals surface area contributed by atoms with Crippen molar-refractivity contribution in [3.8, 4) is 5.75 Å². The molecule has 0 aromatic heterocycles. The van der Waals surface area contributed by atoms with Crippen LogP contribution in [0.3, 0.4) is 0 Å². The topological polar surface area (TPSA) is 96.0 Å². The molecule has 0 fully saturated rings. The molecule has 232 valence electrons. The fourth-order valence-corrected chi connectivity index (χ4v) is 5.80. The van der Waals surface area contributed by atoms with Crippen molar-refractivity contribution in [2.24, 2.45) is 0 Å². The summed E-state index contributed by atoms with van der Waals surface area (Å²) >= 11 is 5.80. The number of hydrogen-bond donors (Lipinski definition) is 1. The van der Waals surface area contributed by atoms with Gasteiger partial charge in [-0.05, 0) is 68.3 Å². The van der Waals surface area contributed by atoms with E-state index in [1.54, 1.807) is 37.3 Å². The normalized spacial score (nSPS) is 13.1. The molecule has 2 atom stereocenters. The lowest BCUT2D eigenvalue weighted by Gasteiger charge is -2.32. The zero-order chi connectivity index (χ0) is 31.9. The number of halogens is 4. The molecule has 0 heterocycles. The number of benzene rings is 3. The number of ether oxygens (including phenoxy) is 1. The van der Waals surface area contributed by atoms with Crippen LogP contribution in [0.2, 0.25) is 5.02 Å². The zero-order valence-corrected chi connectivity index (χ0v) is 25.6. The summed E-state index contributed by atoms with van der Waals surface area (Å²) in [7, 11) is -3.09. The minimum atomic E-state index is -4.89. The molecule has 1 N–H and O–H groups in total. The van der Waals surface area contributed by atoms with Crippen LogP contribution in [0, 0.1) is 0 Å². The maximum atomic E-state index is 14.0. The Bertz CT molecular complexity index is 1540. The van der Waals surface area contributed by atoms with E-state index in [2.05, 4.69) is 5.32 Å². The summed E-state index contributed by atoms with van der Waals surface area (Å²) in [6.45, 7) is 4.16. The first-order valence-corrected chi connectivity index (χ1v) is 15.2. The Morgan fingerprint density at radius 3 is 2.28 bits per heavy atom. The number of anilines is 1. The van der Waals surface area contributed by atoms with Crippen LogP contribution in [-0.4, -0.2) is 50.9 Å². The molecular formula is C30H33ClF3N3O5S. The monoisotopic (exact) mass is 639 g/mol. The SMILES string of the molecule is CC[C@H](C)NC(=O)[C@H](C)N(Cc1cccc(OC)c1)C(=O)CN(c1ccc(Cl)c(C(F)(F)F)c1)S(=O)(=O)c1ccccc1. The minimum absolute atomic E-state index is 0.112. The number of alkyl halides is 3. The fourth-order valence-electron chi connectivity index (χ4n) is 4.15. The molecule has 2 amide bonds.